The minimum Gasteiger partial charge on any atom is -0.508 e. The Morgan fingerprint density at radius 1 is 1.05 bits per heavy atom. The van der Waals surface area contributed by atoms with Crippen molar-refractivity contribution in [1.82, 2.24) is 5.32 Å². The first kappa shape index (κ1) is 29.3. The molecule has 0 radical (unpaired) electrons. The van der Waals surface area contributed by atoms with Crippen LogP contribution in [0.2, 0.25) is 0 Å². The van der Waals surface area contributed by atoms with Crippen molar-refractivity contribution in [1.29, 1.82) is 0 Å². The van der Waals surface area contributed by atoms with Gasteiger partial charge in [0, 0.05) is 29.4 Å². The topological polar surface area (TPSA) is 144 Å². The highest BCUT2D eigenvalue weighted by Crippen LogP contribution is 2.65. The van der Waals surface area contributed by atoms with Gasteiger partial charge in [-0.15, -0.1) is 0 Å². The van der Waals surface area contributed by atoms with E-state index in [9.17, 15) is 34.8 Å². The van der Waals surface area contributed by atoms with E-state index in [0.717, 1.165) is 23.6 Å². The van der Waals surface area contributed by atoms with Gasteiger partial charge in [-0.25, -0.2) is 0 Å². The van der Waals surface area contributed by atoms with Gasteiger partial charge in [0.15, 0.2) is 17.2 Å². The van der Waals surface area contributed by atoms with Crippen LogP contribution in [0.5, 0.6) is 5.75 Å². The number of nitrogens with one attached hydrogen (secondary N) is 1. The first-order valence-electron chi connectivity index (χ1n) is 14.1. The molecular formula is C34H37NO7. The average Bonchev–Trinajstić information content (AvgIpc) is 2.89. The van der Waals surface area contributed by atoms with Gasteiger partial charge in [-0.1, -0.05) is 58.0 Å². The van der Waals surface area contributed by atoms with E-state index in [4.69, 9.17) is 0 Å². The summed E-state index contributed by atoms with van der Waals surface area (Å²) >= 11 is 0. The Kier molecular flexibility index (Phi) is 6.77. The molecule has 0 bridgehead atoms. The van der Waals surface area contributed by atoms with Crippen LogP contribution in [0.25, 0.3) is 23.0 Å². The summed E-state index contributed by atoms with van der Waals surface area (Å²) in [5.74, 6) is -5.33. The van der Waals surface area contributed by atoms with E-state index < -0.39 is 56.8 Å². The number of benzene rings is 2. The quantitative estimate of drug-likeness (QED) is 0.314. The number of hydrogen-bond donors (Lipinski definition) is 5. The second-order valence-corrected chi connectivity index (χ2v) is 12.7. The first-order chi connectivity index (χ1) is 19.6. The van der Waals surface area contributed by atoms with E-state index in [1.165, 1.54) is 6.07 Å². The van der Waals surface area contributed by atoms with E-state index in [1.807, 2.05) is 43.6 Å². The number of aliphatic hydroxyl groups excluding tert-OH is 2. The molecule has 42 heavy (non-hydrogen) atoms. The van der Waals surface area contributed by atoms with Gasteiger partial charge in [-0.3, -0.25) is 14.4 Å². The largest absolute Gasteiger partial charge is 0.508 e. The van der Waals surface area contributed by atoms with Crippen molar-refractivity contribution in [3.63, 3.8) is 0 Å². The summed E-state index contributed by atoms with van der Waals surface area (Å²) in [6, 6.07) is 11.0. The molecule has 0 heterocycles. The SMILES string of the molecule is CN/C=C\c1ccc(-c2ccc(O)c3c2C[C@]2(C)C[C@]4(C)C(C(C)C)C(=O)C(C(C)=O)=C(O)[C@]4(O)C(=O)C2=C3O)cc1. The molecule has 0 amide bonds. The second-order valence-electron chi connectivity index (χ2n) is 12.7. The molecule has 3 aliphatic rings. The summed E-state index contributed by atoms with van der Waals surface area (Å²) in [4.78, 5) is 40.6. The molecule has 5 N–H and O–H groups in total. The maximum Gasteiger partial charge on any atom is 0.203 e. The molecule has 3 aliphatic carbocycles. The third kappa shape index (κ3) is 3.81. The van der Waals surface area contributed by atoms with Gasteiger partial charge in [0.2, 0.25) is 5.78 Å². The highest BCUT2D eigenvalue weighted by Gasteiger charge is 2.72. The zero-order chi connectivity index (χ0) is 30.9. The predicted octanol–water partition coefficient (Wildman–Crippen LogP) is 5.05. The summed E-state index contributed by atoms with van der Waals surface area (Å²) in [6.45, 7) is 8.08. The molecular weight excluding hydrogens is 534 g/mol. The van der Waals surface area contributed by atoms with Crippen LogP contribution >= 0.6 is 0 Å². The first-order valence-corrected chi connectivity index (χ1v) is 14.1. The standard InChI is InChI=1S/C34H37NO7/c1-17(2)26-28(38)24(18(3)36)30(40)34(42)31(41)27-29(39)25-22(15-32(27,4)16-33(26,34)5)21(11-12-23(25)37)20-9-7-19(8-10-20)13-14-35-6/h7-14,17,26,35,37,39-40,42H,15-16H2,1-6H3/b14-13-/t26?,32-,33-,34+/m1/s1. The molecule has 8 heteroatoms. The van der Waals surface area contributed by atoms with Gasteiger partial charge < -0.3 is 25.7 Å². The zero-order valence-electron chi connectivity index (χ0n) is 24.7. The minimum atomic E-state index is -2.62. The van der Waals surface area contributed by atoms with Crippen LogP contribution in [-0.4, -0.2) is 50.4 Å². The van der Waals surface area contributed by atoms with Crippen molar-refractivity contribution in [3.8, 4) is 16.9 Å². The van der Waals surface area contributed by atoms with E-state index in [0.29, 0.717) is 5.56 Å². The monoisotopic (exact) mass is 571 g/mol. The van der Waals surface area contributed by atoms with Crippen molar-refractivity contribution in [3.05, 3.63) is 76.2 Å². The number of carbonyl (C=O) groups excluding carboxylic acids is 3. The maximum absolute atomic E-state index is 14.4. The van der Waals surface area contributed by atoms with Gasteiger partial charge in [0.05, 0.1) is 5.56 Å². The molecule has 4 atom stereocenters. The number of aromatic hydroxyl groups is 1. The number of phenolic OH excluding ortho intramolecular Hbond substituents is 1. The summed E-state index contributed by atoms with van der Waals surface area (Å²) < 4.78 is 0. The normalized spacial score (nSPS) is 29.1. The lowest BCUT2D eigenvalue weighted by atomic mass is 9.43. The fourth-order valence-corrected chi connectivity index (χ4v) is 7.94. The number of allylic oxidation sites excluding steroid dienone is 1. The summed E-state index contributed by atoms with van der Waals surface area (Å²) in [5.41, 5.74) is -2.61. The number of aliphatic hydroxyl groups is 3. The van der Waals surface area contributed by atoms with E-state index in [-0.39, 0.29) is 35.6 Å². The maximum atomic E-state index is 14.4. The Labute approximate surface area is 245 Å². The van der Waals surface area contributed by atoms with Crippen molar-refractivity contribution in [2.24, 2.45) is 22.7 Å². The Bertz CT molecular complexity index is 1630. The van der Waals surface area contributed by atoms with Crippen LogP contribution in [0, 0.1) is 22.7 Å². The number of phenols is 1. The highest BCUT2D eigenvalue weighted by molar-refractivity contribution is 6.24. The second kappa shape index (κ2) is 9.70. The van der Waals surface area contributed by atoms with Crippen molar-refractivity contribution in [2.75, 3.05) is 7.05 Å². The molecule has 0 saturated heterocycles. The van der Waals surface area contributed by atoms with Crippen LogP contribution in [0.1, 0.15) is 57.7 Å². The molecule has 220 valence electrons. The van der Waals surface area contributed by atoms with Crippen molar-refractivity contribution < 1.29 is 34.8 Å². The molecule has 0 spiro atoms. The fraction of sp³-hybridized carbons (Fsp3) is 0.382. The smallest absolute Gasteiger partial charge is 0.203 e. The number of carbonyl (C=O) groups is 3. The molecule has 2 aromatic rings. The van der Waals surface area contributed by atoms with Crippen LogP contribution in [0.15, 0.2) is 59.5 Å². The van der Waals surface area contributed by atoms with Crippen LogP contribution < -0.4 is 5.32 Å². The number of Topliss-reactive ketones (excluding diaryl/α,β-unsaturated/α-hetero) is 3. The van der Waals surface area contributed by atoms with Crippen LogP contribution in [0.4, 0.5) is 0 Å². The number of hydrogen-bond acceptors (Lipinski definition) is 8. The van der Waals surface area contributed by atoms with Crippen molar-refractivity contribution in [2.45, 2.75) is 53.1 Å². The molecule has 1 saturated carbocycles. The zero-order valence-corrected chi connectivity index (χ0v) is 24.7. The summed E-state index contributed by atoms with van der Waals surface area (Å²) in [6.07, 6.45) is 4.00. The Morgan fingerprint density at radius 3 is 2.26 bits per heavy atom. The number of fused-ring (bicyclic) bond motifs is 3. The Balaban J connectivity index is 1.76. The lowest BCUT2D eigenvalue weighted by molar-refractivity contribution is -0.178. The molecule has 0 aliphatic heterocycles. The Hall–Kier alpha value is -4.17. The number of ketones is 3. The van der Waals surface area contributed by atoms with Gasteiger partial charge in [0.1, 0.15) is 22.8 Å². The van der Waals surface area contributed by atoms with E-state index in [2.05, 4.69) is 5.32 Å². The minimum absolute atomic E-state index is 0.0494. The number of rotatable bonds is 5. The molecule has 0 aromatic heterocycles. The van der Waals surface area contributed by atoms with Crippen LogP contribution in [-0.2, 0) is 20.8 Å². The van der Waals surface area contributed by atoms with Gasteiger partial charge in [-0.2, -0.15) is 0 Å². The lowest BCUT2D eigenvalue weighted by Crippen LogP contribution is -2.69. The predicted molar refractivity (Wildman–Crippen MR) is 159 cm³/mol. The third-order valence-electron chi connectivity index (χ3n) is 9.55. The van der Waals surface area contributed by atoms with Gasteiger partial charge in [0.25, 0.3) is 0 Å². The fourth-order valence-electron chi connectivity index (χ4n) is 7.94. The van der Waals surface area contributed by atoms with Gasteiger partial charge >= 0.3 is 0 Å². The van der Waals surface area contributed by atoms with E-state index in [1.54, 1.807) is 33.8 Å². The molecule has 1 fully saturated rings. The van der Waals surface area contributed by atoms with E-state index >= 15 is 0 Å². The molecule has 2 aromatic carbocycles. The highest BCUT2D eigenvalue weighted by atomic mass is 16.3. The molecule has 8 nitrogen and oxygen atoms in total. The molecule has 1 unspecified atom stereocenters. The summed E-state index contributed by atoms with van der Waals surface area (Å²) in [5, 5.41) is 49.0. The Morgan fingerprint density at radius 2 is 1.69 bits per heavy atom. The summed E-state index contributed by atoms with van der Waals surface area (Å²) in [7, 11) is 1.81. The molecule has 5 rings (SSSR count). The van der Waals surface area contributed by atoms with Crippen LogP contribution in [0.3, 0.4) is 0 Å². The lowest BCUT2D eigenvalue weighted by Gasteiger charge is -2.59. The van der Waals surface area contributed by atoms with Crippen molar-refractivity contribution >= 4 is 29.2 Å². The average molecular weight is 572 g/mol. The third-order valence-corrected chi connectivity index (χ3v) is 9.55. The van der Waals surface area contributed by atoms with Gasteiger partial charge in [-0.05, 0) is 66.3 Å².